The number of fused-ring (bicyclic) bond motifs is 3. The van der Waals surface area contributed by atoms with Gasteiger partial charge in [0.25, 0.3) is 5.91 Å². The van der Waals surface area contributed by atoms with Gasteiger partial charge in [-0.15, -0.1) is 11.3 Å². The van der Waals surface area contributed by atoms with Crippen LogP contribution in [-0.4, -0.2) is 15.9 Å². The van der Waals surface area contributed by atoms with Gasteiger partial charge in [-0.25, -0.2) is 9.37 Å². The molecule has 0 saturated heterocycles. The molecule has 2 heterocycles. The van der Waals surface area contributed by atoms with Crippen LogP contribution in [0.5, 0.6) is 0 Å². The molecule has 1 amide bonds. The monoisotopic (exact) mass is 429 g/mol. The molecular weight excluding hydrogens is 409 g/mol. The Bertz CT molecular complexity index is 1430. The van der Waals surface area contributed by atoms with Gasteiger partial charge in [-0.1, -0.05) is 31.2 Å². The molecule has 2 aromatic heterocycles. The number of thiazole rings is 1. The summed E-state index contributed by atoms with van der Waals surface area (Å²) in [5.74, 6) is -0.499. The van der Waals surface area contributed by atoms with E-state index in [0.29, 0.717) is 15.6 Å². The molecule has 6 heteroatoms. The van der Waals surface area contributed by atoms with Crippen molar-refractivity contribution in [2.24, 2.45) is 0 Å². The lowest BCUT2D eigenvalue weighted by molar-refractivity contribution is 0.103. The third-order valence-corrected chi connectivity index (χ3v) is 6.66. The quantitative estimate of drug-likeness (QED) is 0.334. The number of H-pyrrole nitrogens is 1. The fourth-order valence-corrected chi connectivity index (χ4v) is 4.84. The molecule has 0 fully saturated rings. The van der Waals surface area contributed by atoms with Gasteiger partial charge in [0.15, 0.2) is 0 Å². The van der Waals surface area contributed by atoms with Crippen molar-refractivity contribution in [1.29, 1.82) is 0 Å². The third-order valence-electron chi connectivity index (χ3n) is 5.45. The maximum Gasteiger partial charge on any atom is 0.267 e. The van der Waals surface area contributed by atoms with Crippen LogP contribution in [0.25, 0.3) is 32.4 Å². The van der Waals surface area contributed by atoms with Crippen LogP contribution in [0.15, 0.2) is 60.7 Å². The first-order chi connectivity index (χ1) is 15.0. The molecule has 3 aromatic carbocycles. The fourth-order valence-electron chi connectivity index (χ4n) is 3.87. The van der Waals surface area contributed by atoms with E-state index in [4.69, 9.17) is 0 Å². The van der Waals surface area contributed by atoms with E-state index < -0.39 is 0 Å². The van der Waals surface area contributed by atoms with Gasteiger partial charge in [0.05, 0.1) is 5.69 Å². The summed E-state index contributed by atoms with van der Waals surface area (Å²) in [6.07, 6.45) is 0.953. The molecule has 0 bridgehead atoms. The first kappa shape index (κ1) is 19.5. The average Bonchev–Trinajstić information content (AvgIpc) is 3.34. The highest BCUT2D eigenvalue weighted by molar-refractivity contribution is 7.17. The van der Waals surface area contributed by atoms with Crippen molar-refractivity contribution >= 4 is 44.7 Å². The van der Waals surface area contributed by atoms with Crippen LogP contribution >= 0.6 is 11.3 Å². The van der Waals surface area contributed by atoms with Gasteiger partial charge in [-0.05, 0) is 55.3 Å². The summed E-state index contributed by atoms with van der Waals surface area (Å²) in [5.41, 5.74) is 5.57. The maximum atomic E-state index is 13.2. The topological polar surface area (TPSA) is 57.8 Å². The van der Waals surface area contributed by atoms with Crippen LogP contribution in [0.3, 0.4) is 0 Å². The number of rotatable bonds is 4. The number of hydrogen-bond donors (Lipinski definition) is 2. The first-order valence-corrected chi connectivity index (χ1v) is 10.9. The molecule has 0 saturated carbocycles. The molecule has 0 aliphatic rings. The predicted octanol–water partition coefficient (Wildman–Crippen LogP) is 6.71. The van der Waals surface area contributed by atoms with E-state index in [1.165, 1.54) is 34.4 Å². The molecule has 5 rings (SSSR count). The Hall–Kier alpha value is -3.51. The molecule has 31 heavy (non-hydrogen) atoms. The van der Waals surface area contributed by atoms with Gasteiger partial charge >= 0.3 is 0 Å². The minimum absolute atomic E-state index is 0.201. The summed E-state index contributed by atoms with van der Waals surface area (Å²) in [7, 11) is 0. The van der Waals surface area contributed by atoms with Gasteiger partial charge in [-0.3, -0.25) is 4.79 Å². The van der Waals surface area contributed by atoms with Crippen LogP contribution in [0.1, 0.15) is 27.9 Å². The number of carbonyl (C=O) groups excluding carboxylic acids is 1. The largest absolute Gasteiger partial charge is 0.354 e. The van der Waals surface area contributed by atoms with E-state index in [1.54, 1.807) is 12.1 Å². The van der Waals surface area contributed by atoms with E-state index in [9.17, 15) is 9.18 Å². The smallest absolute Gasteiger partial charge is 0.267 e. The van der Waals surface area contributed by atoms with E-state index in [0.717, 1.165) is 34.1 Å². The number of benzene rings is 3. The molecule has 0 atom stereocenters. The zero-order valence-electron chi connectivity index (χ0n) is 17.1. The Labute approximate surface area is 182 Å². The van der Waals surface area contributed by atoms with Crippen LogP contribution in [0.2, 0.25) is 0 Å². The highest BCUT2D eigenvalue weighted by Crippen LogP contribution is 2.31. The molecule has 0 aliphatic heterocycles. The van der Waals surface area contributed by atoms with Crippen LogP contribution < -0.4 is 5.32 Å². The molecule has 0 radical (unpaired) electrons. The lowest BCUT2D eigenvalue weighted by Crippen LogP contribution is -2.11. The second-order valence-electron chi connectivity index (χ2n) is 7.47. The maximum absolute atomic E-state index is 13.2. The molecule has 0 aliphatic carbocycles. The molecule has 2 N–H and O–H groups in total. The zero-order valence-corrected chi connectivity index (χ0v) is 17.9. The van der Waals surface area contributed by atoms with Gasteiger partial charge in [-0.2, -0.15) is 0 Å². The number of nitrogens with one attached hydrogen (secondary N) is 2. The van der Waals surface area contributed by atoms with Gasteiger partial charge in [0.2, 0.25) is 0 Å². The Morgan fingerprint density at radius 3 is 2.68 bits per heavy atom. The average molecular weight is 430 g/mol. The minimum Gasteiger partial charge on any atom is -0.354 e. The first-order valence-electron chi connectivity index (χ1n) is 10.1. The van der Waals surface area contributed by atoms with Crippen LogP contribution in [-0.2, 0) is 6.42 Å². The highest BCUT2D eigenvalue weighted by Gasteiger charge is 2.17. The molecule has 0 unspecified atom stereocenters. The number of aromatic nitrogens is 2. The summed E-state index contributed by atoms with van der Waals surface area (Å²) < 4.78 is 13.2. The summed E-state index contributed by atoms with van der Waals surface area (Å²) in [6, 6.07) is 18.4. The van der Waals surface area contributed by atoms with Crippen LogP contribution in [0, 0.1) is 12.7 Å². The minimum atomic E-state index is -0.298. The number of aromatic amines is 1. The van der Waals surface area contributed by atoms with Crippen molar-refractivity contribution in [3.8, 4) is 10.6 Å². The Kier molecular flexibility index (Phi) is 4.79. The van der Waals surface area contributed by atoms with Crippen molar-refractivity contribution in [2.75, 3.05) is 5.32 Å². The standard InChI is InChI=1S/C25H20FN3OS/c1-3-15-5-4-6-20-19-12-11-18(13-21(19)29-22(15)20)28-24(30)23-14(2)27-25(31-23)16-7-9-17(26)10-8-16/h4-13,29H,3H2,1-2H3,(H,28,30). The predicted molar refractivity (Wildman–Crippen MR) is 125 cm³/mol. The SMILES string of the molecule is CCc1cccc2c1[nH]c1cc(NC(=O)c3sc(-c4ccc(F)cc4)nc3C)ccc12. The van der Waals surface area contributed by atoms with Crippen molar-refractivity contribution in [1.82, 2.24) is 9.97 Å². The highest BCUT2D eigenvalue weighted by atomic mass is 32.1. The van der Waals surface area contributed by atoms with Gasteiger partial charge in [0, 0.05) is 33.1 Å². The van der Waals surface area contributed by atoms with E-state index in [2.05, 4.69) is 40.4 Å². The van der Waals surface area contributed by atoms with E-state index >= 15 is 0 Å². The second-order valence-corrected chi connectivity index (χ2v) is 8.47. The normalized spacial score (nSPS) is 11.3. The number of aryl methyl sites for hydroxylation is 2. The summed E-state index contributed by atoms with van der Waals surface area (Å²) in [4.78, 5) is 21.5. The molecule has 0 spiro atoms. The van der Waals surface area contributed by atoms with E-state index in [-0.39, 0.29) is 11.7 Å². The number of halogens is 1. The summed E-state index contributed by atoms with van der Waals surface area (Å²) in [6.45, 7) is 3.95. The molecular formula is C25H20FN3OS. The van der Waals surface area contributed by atoms with E-state index in [1.807, 2.05) is 25.1 Å². The van der Waals surface area contributed by atoms with Crippen molar-refractivity contribution in [2.45, 2.75) is 20.3 Å². The van der Waals surface area contributed by atoms with Crippen molar-refractivity contribution < 1.29 is 9.18 Å². The number of amides is 1. The zero-order chi connectivity index (χ0) is 21.5. The summed E-state index contributed by atoms with van der Waals surface area (Å²) >= 11 is 1.30. The lowest BCUT2D eigenvalue weighted by atomic mass is 10.1. The molecule has 154 valence electrons. The fraction of sp³-hybridized carbons (Fsp3) is 0.120. The Morgan fingerprint density at radius 2 is 1.90 bits per heavy atom. The number of anilines is 1. The molecule has 4 nitrogen and oxygen atoms in total. The summed E-state index contributed by atoms with van der Waals surface area (Å²) in [5, 5.41) is 6.01. The van der Waals surface area contributed by atoms with Crippen LogP contribution in [0.4, 0.5) is 10.1 Å². The lowest BCUT2D eigenvalue weighted by Gasteiger charge is -2.04. The number of hydrogen-bond acceptors (Lipinski definition) is 3. The Balaban J connectivity index is 1.45. The van der Waals surface area contributed by atoms with Crippen molar-refractivity contribution in [3.63, 3.8) is 0 Å². The van der Waals surface area contributed by atoms with Crippen molar-refractivity contribution in [3.05, 3.63) is 82.6 Å². The van der Waals surface area contributed by atoms with Gasteiger partial charge < -0.3 is 10.3 Å². The second kappa shape index (κ2) is 7.63. The number of carbonyl (C=O) groups is 1. The molecule has 5 aromatic rings. The number of nitrogens with zero attached hydrogens (tertiary/aromatic N) is 1. The van der Waals surface area contributed by atoms with Gasteiger partial charge in [0.1, 0.15) is 15.7 Å². The third kappa shape index (κ3) is 3.49. The number of para-hydroxylation sites is 1. The Morgan fingerprint density at radius 1 is 1.10 bits per heavy atom.